The average molecular weight is 453 g/mol. The molecule has 6 nitrogen and oxygen atoms in total. The summed E-state index contributed by atoms with van der Waals surface area (Å²) in [6, 6.07) is 14.4. The van der Waals surface area contributed by atoms with Crippen molar-refractivity contribution in [3.8, 4) is 0 Å². The highest BCUT2D eigenvalue weighted by atomic mass is 79.9. The molecule has 8 heteroatoms. The van der Waals surface area contributed by atoms with Gasteiger partial charge in [-0.3, -0.25) is 4.79 Å². The van der Waals surface area contributed by atoms with Crippen LogP contribution in [0.3, 0.4) is 0 Å². The average Bonchev–Trinajstić information content (AvgIpc) is 2.67. The summed E-state index contributed by atoms with van der Waals surface area (Å²) >= 11 is 3.35. The predicted octanol–water partition coefficient (Wildman–Crippen LogP) is 2.54. The van der Waals surface area contributed by atoms with Crippen LogP contribution in [0.15, 0.2) is 53.0 Å². The number of sulfonamides is 1. The Hall–Kier alpha value is -1.74. The fraction of sp³-hybridized carbons (Fsp3) is 0.316. The normalized spacial score (nSPS) is 15.4. The first-order chi connectivity index (χ1) is 13.0. The maximum absolute atomic E-state index is 12.7. The Morgan fingerprint density at radius 2 is 1.78 bits per heavy atom. The van der Waals surface area contributed by atoms with Gasteiger partial charge < -0.3 is 10.1 Å². The van der Waals surface area contributed by atoms with E-state index in [9.17, 15) is 13.2 Å². The number of ether oxygens (including phenoxy) is 1. The van der Waals surface area contributed by atoms with Gasteiger partial charge in [0.1, 0.15) is 0 Å². The quantitative estimate of drug-likeness (QED) is 0.730. The van der Waals surface area contributed by atoms with Crippen molar-refractivity contribution in [2.45, 2.75) is 12.3 Å². The number of hydrogen-bond acceptors (Lipinski definition) is 4. The highest BCUT2D eigenvalue weighted by molar-refractivity contribution is 9.10. The van der Waals surface area contributed by atoms with Gasteiger partial charge in [0.25, 0.3) is 5.91 Å². The zero-order valence-corrected chi connectivity index (χ0v) is 17.1. The third kappa shape index (κ3) is 5.38. The molecule has 0 bridgehead atoms. The van der Waals surface area contributed by atoms with Crippen molar-refractivity contribution in [2.75, 3.05) is 26.3 Å². The maximum Gasteiger partial charge on any atom is 0.251 e. The van der Waals surface area contributed by atoms with Crippen LogP contribution in [-0.4, -0.2) is 44.9 Å². The van der Waals surface area contributed by atoms with Crippen molar-refractivity contribution in [1.29, 1.82) is 0 Å². The van der Waals surface area contributed by atoms with Gasteiger partial charge in [0, 0.05) is 29.7 Å². The van der Waals surface area contributed by atoms with E-state index in [0.29, 0.717) is 37.4 Å². The van der Waals surface area contributed by atoms with Crippen LogP contribution in [-0.2, 0) is 27.1 Å². The molecule has 1 N–H and O–H groups in total. The molecule has 1 heterocycles. The molecule has 0 atom stereocenters. The number of hydrogen-bond donors (Lipinski definition) is 1. The van der Waals surface area contributed by atoms with Crippen LogP contribution >= 0.6 is 15.9 Å². The van der Waals surface area contributed by atoms with Crippen molar-refractivity contribution >= 4 is 31.9 Å². The third-order valence-corrected chi connectivity index (χ3v) is 6.67. The van der Waals surface area contributed by atoms with Crippen molar-refractivity contribution in [3.63, 3.8) is 0 Å². The Bertz CT molecular complexity index is 911. The molecular weight excluding hydrogens is 432 g/mol. The van der Waals surface area contributed by atoms with Crippen molar-refractivity contribution in [1.82, 2.24) is 9.62 Å². The summed E-state index contributed by atoms with van der Waals surface area (Å²) in [7, 11) is -3.42. The molecule has 3 rings (SSSR count). The monoisotopic (exact) mass is 452 g/mol. The molecule has 1 aliphatic heterocycles. The van der Waals surface area contributed by atoms with Crippen LogP contribution in [0.2, 0.25) is 0 Å². The fourth-order valence-corrected chi connectivity index (χ4v) is 4.85. The minimum absolute atomic E-state index is 0.0874. The first-order valence-corrected chi connectivity index (χ1v) is 11.0. The highest BCUT2D eigenvalue weighted by Crippen LogP contribution is 2.17. The number of carbonyl (C=O) groups is 1. The molecule has 0 radical (unpaired) electrons. The zero-order chi connectivity index (χ0) is 19.3. The largest absolute Gasteiger partial charge is 0.379 e. The van der Waals surface area contributed by atoms with E-state index in [1.807, 2.05) is 24.3 Å². The summed E-state index contributed by atoms with van der Waals surface area (Å²) in [5.74, 6) is -0.294. The third-order valence-electron chi connectivity index (χ3n) is 4.35. The molecule has 1 fully saturated rings. The summed E-state index contributed by atoms with van der Waals surface area (Å²) in [6.07, 6.45) is 0. The van der Waals surface area contributed by atoms with Gasteiger partial charge in [-0.25, -0.2) is 8.42 Å². The molecule has 0 unspecified atom stereocenters. The Kier molecular flexibility index (Phi) is 6.64. The van der Waals surface area contributed by atoms with Crippen LogP contribution in [0.1, 0.15) is 21.5 Å². The van der Waals surface area contributed by atoms with Crippen molar-refractivity contribution < 1.29 is 17.9 Å². The van der Waals surface area contributed by atoms with E-state index >= 15 is 0 Å². The number of rotatable bonds is 6. The topological polar surface area (TPSA) is 75.7 Å². The second-order valence-electron chi connectivity index (χ2n) is 6.23. The Morgan fingerprint density at radius 1 is 1.07 bits per heavy atom. The van der Waals surface area contributed by atoms with E-state index in [4.69, 9.17) is 4.74 Å². The van der Waals surface area contributed by atoms with Gasteiger partial charge in [-0.05, 0) is 29.3 Å². The Morgan fingerprint density at radius 3 is 2.48 bits per heavy atom. The van der Waals surface area contributed by atoms with Crippen LogP contribution in [0, 0.1) is 0 Å². The lowest BCUT2D eigenvalue weighted by atomic mass is 10.1. The number of carbonyl (C=O) groups excluding carboxylic acids is 1. The maximum atomic E-state index is 12.7. The molecule has 0 saturated carbocycles. The summed E-state index contributed by atoms with van der Waals surface area (Å²) in [5.41, 5.74) is 2.03. The summed E-state index contributed by atoms with van der Waals surface area (Å²) in [6.45, 7) is 1.86. The van der Waals surface area contributed by atoms with Gasteiger partial charge in [0.05, 0.1) is 19.0 Å². The standard InChI is InChI=1S/C19H21BrN2O4S/c20-18-7-3-6-15(12-18)19(23)21-13-16-4-1-2-5-17(16)14-27(24,25)22-8-10-26-11-9-22/h1-7,12H,8-11,13-14H2,(H,21,23). The SMILES string of the molecule is O=C(NCc1ccccc1CS(=O)(=O)N1CCOCC1)c1cccc(Br)c1. The summed E-state index contributed by atoms with van der Waals surface area (Å²) in [4.78, 5) is 12.3. The van der Waals surface area contributed by atoms with Crippen LogP contribution in [0.5, 0.6) is 0 Å². The van der Waals surface area contributed by atoms with Crippen LogP contribution in [0.25, 0.3) is 0 Å². The number of halogens is 1. The zero-order valence-electron chi connectivity index (χ0n) is 14.7. The lowest BCUT2D eigenvalue weighted by Crippen LogP contribution is -2.41. The summed E-state index contributed by atoms with van der Waals surface area (Å²) < 4.78 is 32.9. The molecular formula is C19H21BrN2O4S. The van der Waals surface area contributed by atoms with E-state index in [1.54, 1.807) is 24.3 Å². The van der Waals surface area contributed by atoms with Gasteiger partial charge in [0.2, 0.25) is 10.0 Å². The van der Waals surface area contributed by atoms with Gasteiger partial charge in [-0.1, -0.05) is 46.3 Å². The highest BCUT2D eigenvalue weighted by Gasteiger charge is 2.25. The van der Waals surface area contributed by atoms with E-state index in [2.05, 4.69) is 21.2 Å². The summed E-state index contributed by atoms with van der Waals surface area (Å²) in [5, 5.41) is 2.86. The van der Waals surface area contributed by atoms with Crippen LogP contribution in [0.4, 0.5) is 0 Å². The fourth-order valence-electron chi connectivity index (χ4n) is 2.89. The number of amides is 1. The van der Waals surface area contributed by atoms with Gasteiger partial charge in [-0.2, -0.15) is 4.31 Å². The Balaban J connectivity index is 1.69. The molecule has 1 amide bonds. The predicted molar refractivity (Wildman–Crippen MR) is 107 cm³/mol. The first-order valence-electron chi connectivity index (χ1n) is 8.62. The Labute approximate surface area is 167 Å². The second kappa shape index (κ2) is 8.97. The van der Waals surface area contributed by atoms with Crippen molar-refractivity contribution in [3.05, 3.63) is 69.7 Å². The van der Waals surface area contributed by atoms with E-state index < -0.39 is 10.0 Å². The molecule has 0 aliphatic carbocycles. The molecule has 2 aromatic carbocycles. The van der Waals surface area contributed by atoms with Crippen molar-refractivity contribution in [2.24, 2.45) is 0 Å². The van der Waals surface area contributed by atoms with E-state index in [-0.39, 0.29) is 18.2 Å². The molecule has 144 valence electrons. The second-order valence-corrected chi connectivity index (χ2v) is 9.11. The smallest absolute Gasteiger partial charge is 0.251 e. The van der Waals surface area contributed by atoms with Gasteiger partial charge in [-0.15, -0.1) is 0 Å². The number of nitrogens with zero attached hydrogens (tertiary/aromatic N) is 1. The minimum atomic E-state index is -3.42. The lowest BCUT2D eigenvalue weighted by Gasteiger charge is -2.26. The molecule has 0 aromatic heterocycles. The van der Waals surface area contributed by atoms with Gasteiger partial charge >= 0.3 is 0 Å². The van der Waals surface area contributed by atoms with E-state index in [0.717, 1.165) is 10.0 Å². The van der Waals surface area contributed by atoms with E-state index in [1.165, 1.54) is 4.31 Å². The molecule has 2 aromatic rings. The molecule has 0 spiro atoms. The molecule has 1 aliphatic rings. The lowest BCUT2D eigenvalue weighted by molar-refractivity contribution is 0.0729. The number of nitrogens with one attached hydrogen (secondary N) is 1. The van der Waals surface area contributed by atoms with Crippen LogP contribution < -0.4 is 5.32 Å². The van der Waals surface area contributed by atoms with Gasteiger partial charge in [0.15, 0.2) is 0 Å². The first kappa shape index (κ1) is 20.0. The molecule has 27 heavy (non-hydrogen) atoms. The minimum Gasteiger partial charge on any atom is -0.379 e. The molecule has 1 saturated heterocycles. The number of morpholine rings is 1. The number of benzene rings is 2.